The Morgan fingerprint density at radius 2 is 1.75 bits per heavy atom. The van der Waals surface area contributed by atoms with Gasteiger partial charge in [0, 0.05) is 26.1 Å². The number of hydrogen-bond acceptors (Lipinski definition) is 3. The molecule has 0 saturated carbocycles. The van der Waals surface area contributed by atoms with E-state index < -0.39 is 0 Å². The van der Waals surface area contributed by atoms with Crippen molar-refractivity contribution in [1.82, 2.24) is 9.80 Å². The van der Waals surface area contributed by atoms with Gasteiger partial charge in [-0.05, 0) is 19.9 Å². The van der Waals surface area contributed by atoms with Crippen LogP contribution in [0, 0.1) is 11.3 Å². The van der Waals surface area contributed by atoms with E-state index in [1.165, 1.54) is 0 Å². The molecule has 0 aromatic carbocycles. The zero-order chi connectivity index (χ0) is 12.4. The molecule has 0 aliphatic carbocycles. The van der Waals surface area contributed by atoms with Gasteiger partial charge < -0.3 is 4.90 Å². The lowest BCUT2D eigenvalue weighted by atomic mass is 10.3. The molecule has 0 atom stereocenters. The van der Waals surface area contributed by atoms with Gasteiger partial charge in [-0.2, -0.15) is 5.26 Å². The van der Waals surface area contributed by atoms with Crippen LogP contribution in [0.4, 0.5) is 0 Å². The zero-order valence-corrected chi connectivity index (χ0v) is 10.7. The van der Waals surface area contributed by atoms with Gasteiger partial charge in [0.2, 0.25) is 5.91 Å². The van der Waals surface area contributed by atoms with Crippen molar-refractivity contribution >= 4 is 5.91 Å². The van der Waals surface area contributed by atoms with E-state index in [2.05, 4.69) is 19.9 Å². The van der Waals surface area contributed by atoms with E-state index in [1.807, 2.05) is 16.8 Å². The fourth-order valence-electron chi connectivity index (χ4n) is 1.55. The highest BCUT2D eigenvalue weighted by molar-refractivity contribution is 5.78. The molecular formula is C12H23N3O. The van der Waals surface area contributed by atoms with Gasteiger partial charge in [0.25, 0.3) is 0 Å². The van der Waals surface area contributed by atoms with Gasteiger partial charge in [0.05, 0.1) is 12.6 Å². The molecule has 0 heterocycles. The number of nitrogens with zero attached hydrogens (tertiary/aromatic N) is 3. The minimum Gasteiger partial charge on any atom is -0.342 e. The summed E-state index contributed by atoms with van der Waals surface area (Å²) in [5.41, 5.74) is 0. The molecule has 0 N–H and O–H groups in total. The number of carbonyl (C=O) groups is 1. The second kappa shape index (κ2) is 9.17. The maximum atomic E-state index is 11.9. The molecule has 0 aliphatic rings. The summed E-state index contributed by atoms with van der Waals surface area (Å²) in [6.45, 7) is 6.90. The average molecular weight is 225 g/mol. The summed E-state index contributed by atoms with van der Waals surface area (Å²) in [5, 5.41) is 8.45. The molecule has 0 radical (unpaired) electrons. The highest BCUT2D eigenvalue weighted by Gasteiger charge is 2.13. The number of likely N-dealkylation sites (N-methyl/N-ethyl adjacent to an activating group) is 1. The lowest BCUT2D eigenvalue weighted by molar-refractivity contribution is -0.132. The summed E-state index contributed by atoms with van der Waals surface area (Å²) in [4.78, 5) is 15.7. The maximum Gasteiger partial charge on any atom is 0.236 e. The largest absolute Gasteiger partial charge is 0.342 e. The smallest absolute Gasteiger partial charge is 0.236 e. The van der Waals surface area contributed by atoms with E-state index in [0.717, 1.165) is 25.9 Å². The SMILES string of the molecule is CCCN(CCC)C(=O)CN(C)CCC#N. The molecule has 0 spiro atoms. The Kier molecular flexibility index (Phi) is 8.55. The van der Waals surface area contributed by atoms with Crippen LogP contribution in [0.15, 0.2) is 0 Å². The predicted octanol–water partition coefficient (Wildman–Crippen LogP) is 1.48. The molecule has 4 heteroatoms. The third-order valence-corrected chi connectivity index (χ3v) is 2.35. The van der Waals surface area contributed by atoms with Gasteiger partial charge >= 0.3 is 0 Å². The van der Waals surface area contributed by atoms with Crippen molar-refractivity contribution < 1.29 is 4.79 Å². The third kappa shape index (κ3) is 6.41. The minimum absolute atomic E-state index is 0.170. The summed E-state index contributed by atoms with van der Waals surface area (Å²) >= 11 is 0. The topological polar surface area (TPSA) is 47.3 Å². The standard InChI is InChI=1S/C12H23N3O/c1-4-8-15(9-5-2)12(16)11-14(3)10-6-7-13/h4-6,8-11H2,1-3H3. The molecule has 0 aromatic rings. The Morgan fingerprint density at radius 1 is 1.19 bits per heavy atom. The Bertz CT molecular complexity index is 229. The second-order valence-corrected chi connectivity index (χ2v) is 4.03. The van der Waals surface area contributed by atoms with Gasteiger partial charge in [0.15, 0.2) is 0 Å². The molecule has 1 amide bonds. The van der Waals surface area contributed by atoms with Crippen LogP contribution in [0.5, 0.6) is 0 Å². The maximum absolute atomic E-state index is 11.9. The molecule has 92 valence electrons. The summed E-state index contributed by atoms with van der Waals surface area (Å²) in [6, 6.07) is 2.08. The molecule has 0 rings (SSSR count). The molecule has 4 nitrogen and oxygen atoms in total. The first-order chi connectivity index (χ1) is 7.65. The molecule has 0 aliphatic heterocycles. The first-order valence-electron chi connectivity index (χ1n) is 5.98. The van der Waals surface area contributed by atoms with E-state index in [9.17, 15) is 4.79 Å². The molecule has 0 unspecified atom stereocenters. The van der Waals surface area contributed by atoms with Gasteiger partial charge in [-0.3, -0.25) is 9.69 Å². The summed E-state index contributed by atoms with van der Waals surface area (Å²) in [6.07, 6.45) is 2.46. The van der Waals surface area contributed by atoms with E-state index in [1.54, 1.807) is 0 Å². The highest BCUT2D eigenvalue weighted by atomic mass is 16.2. The molecule has 0 bridgehead atoms. The van der Waals surface area contributed by atoms with Crippen molar-refractivity contribution in [3.05, 3.63) is 0 Å². The van der Waals surface area contributed by atoms with Crippen LogP contribution < -0.4 is 0 Å². The monoisotopic (exact) mass is 225 g/mol. The molecule has 16 heavy (non-hydrogen) atoms. The van der Waals surface area contributed by atoms with E-state index >= 15 is 0 Å². The number of carbonyl (C=O) groups excluding carboxylic acids is 1. The summed E-state index contributed by atoms with van der Waals surface area (Å²) in [5.74, 6) is 0.170. The summed E-state index contributed by atoms with van der Waals surface area (Å²) < 4.78 is 0. The fraction of sp³-hybridized carbons (Fsp3) is 0.833. The van der Waals surface area contributed by atoms with E-state index in [4.69, 9.17) is 5.26 Å². The van der Waals surface area contributed by atoms with Crippen molar-refractivity contribution in [2.45, 2.75) is 33.1 Å². The van der Waals surface area contributed by atoms with Gasteiger partial charge in [0.1, 0.15) is 0 Å². The lowest BCUT2D eigenvalue weighted by Gasteiger charge is -2.24. The number of hydrogen-bond donors (Lipinski definition) is 0. The van der Waals surface area contributed by atoms with Gasteiger partial charge in [-0.25, -0.2) is 0 Å². The average Bonchev–Trinajstić information content (AvgIpc) is 2.26. The van der Waals surface area contributed by atoms with Crippen molar-refractivity contribution in [3.8, 4) is 6.07 Å². The Balaban J connectivity index is 4.03. The predicted molar refractivity (Wildman–Crippen MR) is 64.9 cm³/mol. The van der Waals surface area contributed by atoms with Crippen LogP contribution in [-0.4, -0.2) is 48.9 Å². The number of nitriles is 1. The van der Waals surface area contributed by atoms with E-state index in [-0.39, 0.29) is 5.91 Å². The normalized spacial score (nSPS) is 10.2. The van der Waals surface area contributed by atoms with Crippen LogP contribution in [0.3, 0.4) is 0 Å². The fourth-order valence-corrected chi connectivity index (χ4v) is 1.55. The van der Waals surface area contributed by atoms with Crippen LogP contribution in [0.1, 0.15) is 33.1 Å². The molecular weight excluding hydrogens is 202 g/mol. The van der Waals surface area contributed by atoms with Crippen molar-refractivity contribution in [3.63, 3.8) is 0 Å². The van der Waals surface area contributed by atoms with Crippen molar-refractivity contribution in [2.24, 2.45) is 0 Å². The molecule has 0 fully saturated rings. The third-order valence-electron chi connectivity index (χ3n) is 2.35. The van der Waals surface area contributed by atoms with Crippen LogP contribution in [-0.2, 0) is 4.79 Å². The van der Waals surface area contributed by atoms with E-state index in [0.29, 0.717) is 19.5 Å². The number of rotatable bonds is 8. The Labute approximate surface area is 98.8 Å². The van der Waals surface area contributed by atoms with Crippen LogP contribution in [0.25, 0.3) is 0 Å². The lowest BCUT2D eigenvalue weighted by Crippen LogP contribution is -2.40. The first kappa shape index (κ1) is 14.9. The van der Waals surface area contributed by atoms with Crippen LogP contribution in [0.2, 0.25) is 0 Å². The second-order valence-electron chi connectivity index (χ2n) is 4.03. The minimum atomic E-state index is 0.170. The highest BCUT2D eigenvalue weighted by Crippen LogP contribution is 1.97. The number of amides is 1. The van der Waals surface area contributed by atoms with Gasteiger partial charge in [-0.15, -0.1) is 0 Å². The Morgan fingerprint density at radius 3 is 2.19 bits per heavy atom. The van der Waals surface area contributed by atoms with Crippen molar-refractivity contribution in [2.75, 3.05) is 33.2 Å². The quantitative estimate of drug-likeness (QED) is 0.628. The zero-order valence-electron chi connectivity index (χ0n) is 10.7. The van der Waals surface area contributed by atoms with Crippen molar-refractivity contribution in [1.29, 1.82) is 5.26 Å². The summed E-state index contributed by atoms with van der Waals surface area (Å²) in [7, 11) is 1.88. The van der Waals surface area contributed by atoms with Gasteiger partial charge in [-0.1, -0.05) is 13.8 Å². The Hall–Kier alpha value is -1.08. The molecule has 0 saturated heterocycles. The first-order valence-corrected chi connectivity index (χ1v) is 5.98. The molecule has 0 aromatic heterocycles. The van der Waals surface area contributed by atoms with Crippen LogP contribution >= 0.6 is 0 Å².